The highest BCUT2D eigenvalue weighted by Gasteiger charge is 2.41. The Hall–Kier alpha value is -2.08. The number of rotatable bonds is 5. The van der Waals surface area contributed by atoms with E-state index in [2.05, 4.69) is 59.6 Å². The normalized spacial score (nSPS) is 18.7. The number of benzene rings is 1. The zero-order valence-electron chi connectivity index (χ0n) is 18.1. The Labute approximate surface area is 199 Å². The molecule has 0 amide bonds. The highest BCUT2D eigenvalue weighted by molar-refractivity contribution is 7.80. The van der Waals surface area contributed by atoms with Gasteiger partial charge in [-0.15, -0.1) is 0 Å². The van der Waals surface area contributed by atoms with Crippen LogP contribution in [0.4, 0.5) is 0 Å². The maximum atomic E-state index is 6.56. The van der Waals surface area contributed by atoms with E-state index in [9.17, 15) is 0 Å². The first-order chi connectivity index (χ1) is 14.8. The summed E-state index contributed by atoms with van der Waals surface area (Å²) in [6.07, 6.45) is 1.83. The van der Waals surface area contributed by atoms with Crippen LogP contribution in [0.25, 0.3) is 5.69 Å². The van der Waals surface area contributed by atoms with Gasteiger partial charge >= 0.3 is 0 Å². The molecule has 2 atom stereocenters. The summed E-state index contributed by atoms with van der Waals surface area (Å²) in [5, 5.41) is 5.55. The lowest BCUT2D eigenvalue weighted by Crippen LogP contribution is -2.33. The molecule has 1 N–H and O–H groups in total. The second-order valence-corrected chi connectivity index (χ2v) is 9.66. The van der Waals surface area contributed by atoms with E-state index in [0.29, 0.717) is 16.0 Å². The first-order valence-corrected chi connectivity index (χ1v) is 11.6. The van der Waals surface area contributed by atoms with Gasteiger partial charge < -0.3 is 14.8 Å². The highest BCUT2D eigenvalue weighted by Crippen LogP contribution is 2.42. The molecule has 1 aliphatic rings. The summed E-state index contributed by atoms with van der Waals surface area (Å²) in [7, 11) is 0. The predicted octanol–water partition coefficient (Wildman–Crippen LogP) is 6.42. The summed E-state index contributed by atoms with van der Waals surface area (Å²) >= 11 is 18.5. The van der Waals surface area contributed by atoms with Crippen LogP contribution in [-0.2, 0) is 0 Å². The molecule has 0 unspecified atom stereocenters. The number of thiocarbonyl (C=S) groups is 1. The second-order valence-electron chi connectivity index (χ2n) is 8.43. The minimum Gasteiger partial charge on any atom is -0.352 e. The number of aryl methyl sites for hydroxylation is 1. The van der Waals surface area contributed by atoms with Gasteiger partial charge in [0.15, 0.2) is 5.11 Å². The molecule has 0 spiro atoms. The standard InChI is InChI=1S/C24H26Cl2N4S/c1-14(2)13-29-23(22(28-24(29)31)20-7-5-6-10-27-20)18-11-15(3)30(16(18)4)21-9-8-17(25)12-19(21)26/h5-12,14,22-23H,13H2,1-4H3,(H,28,31)/t22-,23+/m1/s1. The summed E-state index contributed by atoms with van der Waals surface area (Å²) in [6.45, 7) is 9.53. The molecule has 3 heterocycles. The van der Waals surface area contributed by atoms with Crippen LogP contribution in [0, 0.1) is 19.8 Å². The maximum Gasteiger partial charge on any atom is 0.170 e. The van der Waals surface area contributed by atoms with Crippen molar-refractivity contribution in [2.45, 2.75) is 39.8 Å². The molecule has 3 aromatic rings. The third-order valence-corrected chi connectivity index (χ3v) is 6.59. The summed E-state index contributed by atoms with van der Waals surface area (Å²) < 4.78 is 2.19. The molecule has 162 valence electrons. The van der Waals surface area contributed by atoms with Gasteiger partial charge in [-0.05, 0) is 73.9 Å². The Morgan fingerprint density at radius 2 is 1.90 bits per heavy atom. The van der Waals surface area contributed by atoms with E-state index in [0.717, 1.165) is 34.4 Å². The van der Waals surface area contributed by atoms with Gasteiger partial charge in [0, 0.05) is 29.2 Å². The van der Waals surface area contributed by atoms with Crippen molar-refractivity contribution in [3.05, 3.63) is 81.4 Å². The summed E-state index contributed by atoms with van der Waals surface area (Å²) in [5.74, 6) is 0.471. The summed E-state index contributed by atoms with van der Waals surface area (Å²) in [5.41, 5.74) is 5.36. The van der Waals surface area contributed by atoms with Gasteiger partial charge in [-0.1, -0.05) is 43.1 Å². The first-order valence-electron chi connectivity index (χ1n) is 10.4. The van der Waals surface area contributed by atoms with Crippen LogP contribution in [0.3, 0.4) is 0 Å². The molecule has 0 aliphatic carbocycles. The zero-order chi connectivity index (χ0) is 22.3. The number of hydrogen-bond donors (Lipinski definition) is 1. The largest absolute Gasteiger partial charge is 0.352 e. The van der Waals surface area contributed by atoms with Gasteiger partial charge in [0.25, 0.3) is 0 Å². The Kier molecular flexibility index (Phi) is 6.29. The highest BCUT2D eigenvalue weighted by atomic mass is 35.5. The Balaban J connectivity index is 1.85. The van der Waals surface area contributed by atoms with Crippen molar-refractivity contribution < 1.29 is 0 Å². The number of hydrogen-bond acceptors (Lipinski definition) is 2. The molecule has 0 saturated carbocycles. The lowest BCUT2D eigenvalue weighted by Gasteiger charge is -2.29. The van der Waals surface area contributed by atoms with Crippen molar-refractivity contribution in [2.75, 3.05) is 6.54 Å². The number of aromatic nitrogens is 2. The topological polar surface area (TPSA) is 33.1 Å². The first kappa shape index (κ1) is 22.1. The minimum absolute atomic E-state index is 0.0258. The fraction of sp³-hybridized carbons (Fsp3) is 0.333. The molecule has 4 rings (SSSR count). The molecule has 4 nitrogen and oxygen atoms in total. The lowest BCUT2D eigenvalue weighted by molar-refractivity contribution is 0.287. The van der Waals surface area contributed by atoms with Crippen LogP contribution in [-0.4, -0.2) is 26.1 Å². The van der Waals surface area contributed by atoms with Crippen LogP contribution in [0.1, 0.15) is 48.6 Å². The number of nitrogens with zero attached hydrogens (tertiary/aromatic N) is 3. The quantitative estimate of drug-likeness (QED) is 0.434. The van der Waals surface area contributed by atoms with Gasteiger partial charge in [0.2, 0.25) is 0 Å². The molecule has 1 aliphatic heterocycles. The molecule has 31 heavy (non-hydrogen) atoms. The van der Waals surface area contributed by atoms with Gasteiger partial charge in [-0.3, -0.25) is 4.98 Å². The second kappa shape index (κ2) is 8.81. The number of halogens is 2. The SMILES string of the molecule is Cc1cc([C@H]2[C@@H](c3ccccn3)NC(=S)N2CC(C)C)c(C)n1-c1ccc(Cl)cc1Cl. The van der Waals surface area contributed by atoms with Gasteiger partial charge in [0.05, 0.1) is 28.5 Å². The molecule has 1 aromatic carbocycles. The smallest absolute Gasteiger partial charge is 0.170 e. The lowest BCUT2D eigenvalue weighted by atomic mass is 9.96. The summed E-state index contributed by atoms with van der Waals surface area (Å²) in [6, 6.07) is 13.9. The average Bonchev–Trinajstić information content (AvgIpc) is 3.18. The van der Waals surface area contributed by atoms with Crippen molar-refractivity contribution in [1.29, 1.82) is 0 Å². The van der Waals surface area contributed by atoms with Crippen LogP contribution < -0.4 is 5.32 Å². The van der Waals surface area contributed by atoms with Gasteiger partial charge in [-0.25, -0.2) is 0 Å². The van der Waals surface area contributed by atoms with Gasteiger partial charge in [-0.2, -0.15) is 0 Å². The molecule has 2 aromatic heterocycles. The minimum atomic E-state index is -0.0258. The molecule has 1 fully saturated rings. The van der Waals surface area contributed by atoms with Crippen LogP contribution in [0.5, 0.6) is 0 Å². The summed E-state index contributed by atoms with van der Waals surface area (Å²) in [4.78, 5) is 6.93. The fourth-order valence-corrected chi connectivity index (χ4v) is 5.26. The van der Waals surface area contributed by atoms with Crippen molar-refractivity contribution in [3.63, 3.8) is 0 Å². The average molecular weight is 473 g/mol. The Bertz CT molecular complexity index is 1110. The van der Waals surface area contributed by atoms with E-state index in [1.54, 1.807) is 6.07 Å². The van der Waals surface area contributed by atoms with E-state index < -0.39 is 0 Å². The molecular weight excluding hydrogens is 447 g/mol. The predicted molar refractivity (Wildman–Crippen MR) is 132 cm³/mol. The molecular formula is C24H26Cl2N4S. The maximum absolute atomic E-state index is 6.56. The number of nitrogens with one attached hydrogen (secondary N) is 1. The third kappa shape index (κ3) is 4.19. The van der Waals surface area contributed by atoms with E-state index in [-0.39, 0.29) is 12.1 Å². The molecule has 0 radical (unpaired) electrons. The molecule has 7 heteroatoms. The Morgan fingerprint density at radius 1 is 1.13 bits per heavy atom. The Morgan fingerprint density at radius 3 is 2.55 bits per heavy atom. The van der Waals surface area contributed by atoms with Crippen molar-refractivity contribution in [1.82, 2.24) is 19.8 Å². The van der Waals surface area contributed by atoms with Gasteiger partial charge in [0.1, 0.15) is 0 Å². The fourth-order valence-electron chi connectivity index (χ4n) is 4.45. The third-order valence-electron chi connectivity index (χ3n) is 5.70. The van der Waals surface area contributed by atoms with Crippen molar-refractivity contribution >= 4 is 40.5 Å². The van der Waals surface area contributed by atoms with E-state index in [1.165, 1.54) is 5.56 Å². The zero-order valence-corrected chi connectivity index (χ0v) is 20.4. The van der Waals surface area contributed by atoms with Crippen molar-refractivity contribution in [3.8, 4) is 5.69 Å². The molecule has 0 bridgehead atoms. The van der Waals surface area contributed by atoms with Crippen molar-refractivity contribution in [2.24, 2.45) is 5.92 Å². The van der Waals surface area contributed by atoms with E-state index in [1.807, 2.05) is 30.5 Å². The monoisotopic (exact) mass is 472 g/mol. The molecule has 1 saturated heterocycles. The van der Waals surface area contributed by atoms with Crippen LogP contribution in [0.2, 0.25) is 10.0 Å². The van der Waals surface area contributed by atoms with Crippen LogP contribution in [0.15, 0.2) is 48.7 Å². The van der Waals surface area contributed by atoms with E-state index in [4.69, 9.17) is 35.4 Å². The van der Waals surface area contributed by atoms with E-state index >= 15 is 0 Å². The number of pyridine rings is 1. The van der Waals surface area contributed by atoms with Crippen LogP contribution >= 0.6 is 35.4 Å².